The Hall–Kier alpha value is -4.73. The molecule has 290 valence electrons. The SMILES string of the molecule is Fc1ccc(C(c2cccn2CCCl)N2CCCCC2)cc1.NC(=S)c1ccccc1-n1cccc1C(c1cccc(Oc2ccccc2)c1)N1CCCCC1. The summed E-state index contributed by atoms with van der Waals surface area (Å²) in [6.45, 7) is 5.12. The number of likely N-dealkylation sites (tertiary alicyclic amines) is 2. The standard InChI is InChI=1S/C29H29N3OS.C18H22ClFN2/c30-29(34)25-15-5-6-16-26(25)32-20-10-17-27(32)28(31-18-7-2-8-19-31)22-11-9-14-24(21-22)33-23-12-3-1-4-13-23;19-10-14-21-13-4-5-17(21)18(22-11-2-1-3-12-22)15-6-8-16(20)9-7-15/h1,3-6,9-17,20-21,28H,2,7-8,18-19H2,(H2,30,34);4-9,13,18H,1-3,10-12,14H2. The molecular formula is C47H51ClFN5OS. The van der Waals surface area contributed by atoms with Crippen molar-refractivity contribution >= 4 is 28.8 Å². The fourth-order valence-corrected chi connectivity index (χ4v) is 8.56. The molecule has 0 bridgehead atoms. The highest BCUT2D eigenvalue weighted by Crippen LogP contribution is 2.36. The number of thiocarbonyl (C=S) groups is 1. The molecule has 0 saturated carbocycles. The molecule has 2 atom stereocenters. The lowest BCUT2D eigenvalue weighted by molar-refractivity contribution is 0.182. The van der Waals surface area contributed by atoms with Crippen molar-refractivity contribution in [2.75, 3.05) is 32.1 Å². The van der Waals surface area contributed by atoms with E-state index in [1.54, 1.807) is 12.1 Å². The Bertz CT molecular complexity index is 2140. The number of para-hydroxylation sites is 2. The van der Waals surface area contributed by atoms with Crippen LogP contribution in [0.3, 0.4) is 0 Å². The Morgan fingerprint density at radius 2 is 1.25 bits per heavy atom. The lowest BCUT2D eigenvalue weighted by atomic mass is 9.98. The summed E-state index contributed by atoms with van der Waals surface area (Å²) in [5.74, 6) is 2.09. The summed E-state index contributed by atoms with van der Waals surface area (Å²) < 4.78 is 23.9. The Morgan fingerprint density at radius 1 is 0.643 bits per heavy atom. The van der Waals surface area contributed by atoms with Crippen molar-refractivity contribution in [2.24, 2.45) is 5.73 Å². The van der Waals surface area contributed by atoms with Crippen LogP contribution < -0.4 is 10.5 Å². The van der Waals surface area contributed by atoms with Gasteiger partial charge in [-0.05, 0) is 136 Å². The molecule has 4 aromatic carbocycles. The van der Waals surface area contributed by atoms with Gasteiger partial charge in [-0.2, -0.15) is 0 Å². The van der Waals surface area contributed by atoms with Crippen LogP contribution in [-0.2, 0) is 6.54 Å². The number of piperidine rings is 2. The molecule has 2 saturated heterocycles. The minimum atomic E-state index is -0.183. The summed E-state index contributed by atoms with van der Waals surface area (Å²) in [5, 5.41) is 0. The van der Waals surface area contributed by atoms with Gasteiger partial charge in [0.15, 0.2) is 0 Å². The molecule has 0 spiro atoms. The van der Waals surface area contributed by atoms with Crippen molar-refractivity contribution in [3.8, 4) is 17.2 Å². The van der Waals surface area contributed by atoms with Gasteiger partial charge in [-0.1, -0.05) is 79.7 Å². The molecule has 4 heterocycles. The maximum absolute atomic E-state index is 13.3. The van der Waals surface area contributed by atoms with E-state index in [0.29, 0.717) is 10.9 Å². The fourth-order valence-electron chi connectivity index (χ4n) is 8.21. The quantitative estimate of drug-likeness (QED) is 0.0989. The van der Waals surface area contributed by atoms with Crippen LogP contribution in [0.5, 0.6) is 11.5 Å². The molecule has 56 heavy (non-hydrogen) atoms. The highest BCUT2D eigenvalue weighted by molar-refractivity contribution is 7.80. The van der Waals surface area contributed by atoms with Crippen LogP contribution >= 0.6 is 23.8 Å². The van der Waals surface area contributed by atoms with Crippen LogP contribution in [0.25, 0.3) is 5.69 Å². The summed E-state index contributed by atoms with van der Waals surface area (Å²) in [7, 11) is 0. The van der Waals surface area contributed by atoms with Crippen molar-refractivity contribution in [1.29, 1.82) is 0 Å². The molecule has 2 aliphatic rings. The van der Waals surface area contributed by atoms with Crippen LogP contribution in [0.1, 0.15) is 78.7 Å². The Balaban J connectivity index is 0.000000189. The van der Waals surface area contributed by atoms with Gasteiger partial charge in [-0.15, -0.1) is 11.6 Å². The average Bonchev–Trinajstić information content (AvgIpc) is 3.91. The Morgan fingerprint density at radius 3 is 1.93 bits per heavy atom. The van der Waals surface area contributed by atoms with Gasteiger partial charge in [-0.3, -0.25) is 9.80 Å². The van der Waals surface area contributed by atoms with Crippen LogP contribution in [0.15, 0.2) is 140 Å². The first-order valence-electron chi connectivity index (χ1n) is 19.8. The maximum Gasteiger partial charge on any atom is 0.127 e. The number of nitrogens with zero attached hydrogens (tertiary/aromatic N) is 4. The second-order valence-electron chi connectivity index (χ2n) is 14.5. The number of aryl methyl sites for hydroxylation is 1. The predicted octanol–water partition coefficient (Wildman–Crippen LogP) is 10.9. The zero-order valence-corrected chi connectivity index (χ0v) is 33.4. The molecule has 2 N–H and O–H groups in total. The van der Waals surface area contributed by atoms with Crippen molar-refractivity contribution in [2.45, 2.75) is 57.2 Å². The van der Waals surface area contributed by atoms with Gasteiger partial charge in [0.05, 0.1) is 17.8 Å². The molecule has 2 aliphatic heterocycles. The summed E-state index contributed by atoms with van der Waals surface area (Å²) >= 11 is 11.3. The van der Waals surface area contributed by atoms with Gasteiger partial charge < -0.3 is 19.6 Å². The number of rotatable bonds is 12. The Labute approximate surface area is 341 Å². The van der Waals surface area contributed by atoms with Crippen LogP contribution in [0, 0.1) is 5.82 Å². The molecule has 0 aliphatic carbocycles. The number of alkyl halides is 1. The number of ether oxygens (including phenoxy) is 1. The fraction of sp³-hybridized carbons (Fsp3) is 0.298. The lowest BCUT2D eigenvalue weighted by Crippen LogP contribution is -2.35. The van der Waals surface area contributed by atoms with Gasteiger partial charge in [0, 0.05) is 41.8 Å². The molecular weight excluding hydrogens is 737 g/mol. The summed E-state index contributed by atoms with van der Waals surface area (Å²) in [6.07, 6.45) is 11.6. The number of hydrogen-bond donors (Lipinski definition) is 1. The molecule has 2 fully saturated rings. The zero-order chi connectivity index (χ0) is 38.7. The van der Waals surface area contributed by atoms with E-state index in [-0.39, 0.29) is 17.9 Å². The van der Waals surface area contributed by atoms with E-state index in [1.165, 1.54) is 55.5 Å². The normalized spacial score (nSPS) is 16.0. The molecule has 0 radical (unpaired) electrons. The topological polar surface area (TPSA) is 51.6 Å². The lowest BCUT2D eigenvalue weighted by Gasteiger charge is -2.36. The Kier molecular flexibility index (Phi) is 13.7. The van der Waals surface area contributed by atoms with Gasteiger partial charge >= 0.3 is 0 Å². The van der Waals surface area contributed by atoms with Crippen LogP contribution in [0.2, 0.25) is 0 Å². The van der Waals surface area contributed by atoms with Crippen LogP contribution in [-0.4, -0.2) is 56.0 Å². The first-order chi connectivity index (χ1) is 27.5. The molecule has 9 heteroatoms. The monoisotopic (exact) mass is 787 g/mol. The van der Waals surface area contributed by atoms with Crippen LogP contribution in [0.4, 0.5) is 4.39 Å². The number of halogens is 2. The minimum Gasteiger partial charge on any atom is -0.457 e. The largest absolute Gasteiger partial charge is 0.457 e. The predicted molar refractivity (Wildman–Crippen MR) is 231 cm³/mol. The van der Waals surface area contributed by atoms with Crippen molar-refractivity contribution in [1.82, 2.24) is 18.9 Å². The minimum absolute atomic E-state index is 0.0917. The first-order valence-corrected chi connectivity index (χ1v) is 20.8. The van der Waals surface area contributed by atoms with Gasteiger partial charge in [-0.25, -0.2) is 4.39 Å². The molecule has 2 aromatic heterocycles. The van der Waals surface area contributed by atoms with Gasteiger partial charge in [0.25, 0.3) is 0 Å². The molecule has 8 rings (SSSR count). The van der Waals surface area contributed by atoms with E-state index >= 15 is 0 Å². The van der Waals surface area contributed by atoms with Gasteiger partial charge in [0.2, 0.25) is 0 Å². The second-order valence-corrected chi connectivity index (χ2v) is 15.4. The highest BCUT2D eigenvalue weighted by Gasteiger charge is 2.28. The van der Waals surface area contributed by atoms with E-state index < -0.39 is 0 Å². The third-order valence-electron chi connectivity index (χ3n) is 10.8. The zero-order valence-electron chi connectivity index (χ0n) is 31.9. The van der Waals surface area contributed by atoms with Gasteiger partial charge in [0.1, 0.15) is 22.3 Å². The third-order valence-corrected chi connectivity index (χ3v) is 11.2. The molecule has 6 nitrogen and oxygen atoms in total. The van der Waals surface area contributed by atoms with Crippen molar-refractivity contribution in [3.63, 3.8) is 0 Å². The highest BCUT2D eigenvalue weighted by atomic mass is 35.5. The number of nitrogens with two attached hydrogens (primary N) is 1. The summed E-state index contributed by atoms with van der Waals surface area (Å²) in [5.41, 5.74) is 12.8. The summed E-state index contributed by atoms with van der Waals surface area (Å²) in [4.78, 5) is 5.50. The van der Waals surface area contributed by atoms with E-state index in [1.807, 2.05) is 66.7 Å². The number of aromatic nitrogens is 2. The number of benzene rings is 4. The summed E-state index contributed by atoms with van der Waals surface area (Å²) in [6, 6.07) is 42.2. The van der Waals surface area contributed by atoms with E-state index in [2.05, 4.69) is 79.9 Å². The third kappa shape index (κ3) is 9.61. The maximum atomic E-state index is 13.3. The van der Waals surface area contributed by atoms with E-state index in [4.69, 9.17) is 34.3 Å². The molecule has 6 aromatic rings. The van der Waals surface area contributed by atoms with E-state index in [0.717, 1.165) is 61.0 Å². The van der Waals surface area contributed by atoms with E-state index in [9.17, 15) is 4.39 Å². The number of hydrogen-bond acceptors (Lipinski definition) is 4. The van der Waals surface area contributed by atoms with Crippen molar-refractivity contribution in [3.05, 3.63) is 174 Å². The smallest absolute Gasteiger partial charge is 0.127 e. The molecule has 0 amide bonds. The molecule has 2 unspecified atom stereocenters. The first kappa shape index (κ1) is 39.5. The average molecular weight is 788 g/mol. The second kappa shape index (κ2) is 19.4. The van der Waals surface area contributed by atoms with Crippen molar-refractivity contribution < 1.29 is 9.13 Å².